The largest absolute Gasteiger partial charge is 0.394 e. The fourth-order valence-electron chi connectivity index (χ4n) is 2.39. The van der Waals surface area contributed by atoms with Crippen molar-refractivity contribution in [3.8, 4) is 0 Å². The van der Waals surface area contributed by atoms with Gasteiger partial charge in [-0.1, -0.05) is 0 Å². The maximum Gasteiger partial charge on any atom is 0.164 e. The van der Waals surface area contributed by atoms with E-state index in [1.54, 1.807) is 27.7 Å². The predicted molar refractivity (Wildman–Crippen MR) is 61.8 cm³/mol. The Kier molecular flexibility index (Phi) is 3.70. The van der Waals surface area contributed by atoms with E-state index in [9.17, 15) is 10.2 Å². The van der Waals surface area contributed by atoms with Gasteiger partial charge in [0.05, 0.1) is 13.2 Å². The maximum atomic E-state index is 9.98. The number of hydrogen-bond donors (Lipinski definition) is 2. The number of ether oxygens (including phenoxy) is 4. The van der Waals surface area contributed by atoms with Crippen LogP contribution in [-0.2, 0) is 18.9 Å². The Labute approximate surface area is 107 Å². The fourth-order valence-corrected chi connectivity index (χ4v) is 2.39. The van der Waals surface area contributed by atoms with Gasteiger partial charge in [0.15, 0.2) is 11.6 Å². The molecule has 0 spiro atoms. The first-order valence-corrected chi connectivity index (χ1v) is 6.20. The molecule has 0 aromatic rings. The molecule has 4 atom stereocenters. The molecule has 2 rings (SSSR count). The van der Waals surface area contributed by atoms with E-state index in [0.29, 0.717) is 0 Å². The van der Waals surface area contributed by atoms with Crippen molar-refractivity contribution in [2.45, 2.75) is 63.7 Å². The summed E-state index contributed by atoms with van der Waals surface area (Å²) in [6.45, 7) is 7.10. The van der Waals surface area contributed by atoms with Gasteiger partial charge in [-0.2, -0.15) is 0 Å². The highest BCUT2D eigenvalue weighted by atomic mass is 16.8. The van der Waals surface area contributed by atoms with Gasteiger partial charge in [0.25, 0.3) is 0 Å². The highest BCUT2D eigenvalue weighted by Gasteiger charge is 2.50. The summed E-state index contributed by atoms with van der Waals surface area (Å²) >= 11 is 0. The van der Waals surface area contributed by atoms with E-state index in [4.69, 9.17) is 18.9 Å². The fraction of sp³-hybridized carbons (Fsp3) is 1.00. The number of rotatable bonds is 2. The second-order valence-corrected chi connectivity index (χ2v) is 5.68. The second-order valence-electron chi connectivity index (χ2n) is 5.68. The normalized spacial score (nSPS) is 43.0. The van der Waals surface area contributed by atoms with E-state index in [2.05, 4.69) is 0 Å². The molecule has 106 valence electrons. The van der Waals surface area contributed by atoms with Crippen LogP contribution in [-0.4, -0.2) is 59.4 Å². The maximum absolute atomic E-state index is 9.98. The smallest absolute Gasteiger partial charge is 0.164 e. The zero-order valence-corrected chi connectivity index (χ0v) is 11.3. The van der Waals surface area contributed by atoms with Crippen molar-refractivity contribution in [2.24, 2.45) is 0 Å². The van der Waals surface area contributed by atoms with Crippen LogP contribution in [0.1, 0.15) is 27.7 Å². The summed E-state index contributed by atoms with van der Waals surface area (Å²) in [4.78, 5) is 0. The molecular formula is C12H22O6. The lowest BCUT2D eigenvalue weighted by atomic mass is 10.0. The molecule has 2 aliphatic heterocycles. The third-order valence-corrected chi connectivity index (χ3v) is 3.13. The van der Waals surface area contributed by atoms with Crippen molar-refractivity contribution < 1.29 is 29.2 Å². The molecule has 0 aromatic carbocycles. The van der Waals surface area contributed by atoms with E-state index in [1.807, 2.05) is 0 Å². The lowest BCUT2D eigenvalue weighted by Gasteiger charge is -2.41. The van der Waals surface area contributed by atoms with E-state index in [1.165, 1.54) is 0 Å². The monoisotopic (exact) mass is 262 g/mol. The third kappa shape index (κ3) is 2.84. The Balaban J connectivity index is 2.13. The Hall–Kier alpha value is -0.240. The molecule has 0 aromatic heterocycles. The zero-order valence-electron chi connectivity index (χ0n) is 11.3. The molecule has 2 heterocycles. The third-order valence-electron chi connectivity index (χ3n) is 3.13. The standard InChI is InChI=1S/C12H22O6/c1-11(2)15-6-7(14)9(17-11)10-8(5-13)16-12(3,4)18-10/h7-10,13-14H,5-6H2,1-4H3/t7-,8+,9+,10+/m0/s1. The van der Waals surface area contributed by atoms with Gasteiger partial charge in [0, 0.05) is 0 Å². The van der Waals surface area contributed by atoms with E-state index >= 15 is 0 Å². The van der Waals surface area contributed by atoms with Crippen molar-refractivity contribution in [2.75, 3.05) is 13.2 Å². The highest BCUT2D eigenvalue weighted by Crippen LogP contribution is 2.35. The predicted octanol–water partition coefficient (Wildman–Crippen LogP) is 0.0112. The lowest BCUT2D eigenvalue weighted by molar-refractivity contribution is -0.322. The van der Waals surface area contributed by atoms with Crippen molar-refractivity contribution in [3.05, 3.63) is 0 Å². The zero-order chi connectivity index (χ0) is 13.6. The number of hydrogen-bond acceptors (Lipinski definition) is 6. The summed E-state index contributed by atoms with van der Waals surface area (Å²) < 4.78 is 22.4. The Morgan fingerprint density at radius 3 is 2.22 bits per heavy atom. The lowest BCUT2D eigenvalue weighted by Crippen LogP contribution is -2.56. The molecule has 2 saturated heterocycles. The summed E-state index contributed by atoms with van der Waals surface area (Å²) in [6.07, 6.45) is -2.39. The quantitative estimate of drug-likeness (QED) is 0.730. The van der Waals surface area contributed by atoms with Crippen LogP contribution >= 0.6 is 0 Å². The van der Waals surface area contributed by atoms with E-state index in [0.717, 1.165) is 0 Å². The van der Waals surface area contributed by atoms with Gasteiger partial charge >= 0.3 is 0 Å². The molecule has 0 bridgehead atoms. The summed E-state index contributed by atoms with van der Waals surface area (Å²) in [5.41, 5.74) is 0. The van der Waals surface area contributed by atoms with Gasteiger partial charge in [-0.3, -0.25) is 0 Å². The molecule has 0 amide bonds. The first kappa shape index (κ1) is 14.2. The molecule has 0 saturated carbocycles. The van der Waals surface area contributed by atoms with Gasteiger partial charge in [0.2, 0.25) is 0 Å². The van der Waals surface area contributed by atoms with Crippen LogP contribution in [0, 0.1) is 0 Å². The minimum absolute atomic E-state index is 0.177. The molecule has 0 unspecified atom stereocenters. The second kappa shape index (κ2) is 4.70. The average molecular weight is 262 g/mol. The van der Waals surface area contributed by atoms with Crippen LogP contribution in [0.5, 0.6) is 0 Å². The van der Waals surface area contributed by atoms with Gasteiger partial charge in [-0.05, 0) is 27.7 Å². The minimum Gasteiger partial charge on any atom is -0.394 e. The van der Waals surface area contributed by atoms with Crippen LogP contribution in [0.2, 0.25) is 0 Å². The molecule has 18 heavy (non-hydrogen) atoms. The molecule has 6 heteroatoms. The van der Waals surface area contributed by atoms with Crippen molar-refractivity contribution in [1.29, 1.82) is 0 Å². The van der Waals surface area contributed by atoms with Gasteiger partial charge in [-0.25, -0.2) is 0 Å². The number of aliphatic hydroxyl groups excluding tert-OH is 2. The van der Waals surface area contributed by atoms with Crippen molar-refractivity contribution >= 4 is 0 Å². The minimum atomic E-state index is -0.797. The first-order valence-electron chi connectivity index (χ1n) is 6.20. The molecular weight excluding hydrogens is 240 g/mol. The van der Waals surface area contributed by atoms with Gasteiger partial charge in [0.1, 0.15) is 24.4 Å². The van der Waals surface area contributed by atoms with E-state index in [-0.39, 0.29) is 13.2 Å². The van der Waals surface area contributed by atoms with Gasteiger partial charge < -0.3 is 29.2 Å². The van der Waals surface area contributed by atoms with E-state index < -0.39 is 36.0 Å². The van der Waals surface area contributed by atoms with Gasteiger partial charge in [-0.15, -0.1) is 0 Å². The van der Waals surface area contributed by atoms with Crippen LogP contribution in [0.15, 0.2) is 0 Å². The Morgan fingerprint density at radius 1 is 1.00 bits per heavy atom. The molecule has 6 nitrogen and oxygen atoms in total. The summed E-state index contributed by atoms with van der Waals surface area (Å²) in [6, 6.07) is 0. The van der Waals surface area contributed by atoms with Crippen LogP contribution in [0.25, 0.3) is 0 Å². The molecule has 2 aliphatic rings. The Morgan fingerprint density at radius 2 is 1.61 bits per heavy atom. The molecule has 2 fully saturated rings. The van der Waals surface area contributed by atoms with Crippen LogP contribution < -0.4 is 0 Å². The highest BCUT2D eigenvalue weighted by molar-refractivity contribution is 4.92. The summed E-state index contributed by atoms with van der Waals surface area (Å²) in [5, 5.41) is 19.3. The van der Waals surface area contributed by atoms with Crippen LogP contribution in [0.4, 0.5) is 0 Å². The molecule has 0 radical (unpaired) electrons. The first-order chi connectivity index (χ1) is 8.24. The molecule has 2 N–H and O–H groups in total. The SMILES string of the molecule is CC1(C)OC[C@H](O)[C@H]([C@@H]2OC(C)(C)O[C@@H]2CO)O1. The number of aliphatic hydroxyl groups is 2. The van der Waals surface area contributed by atoms with Crippen molar-refractivity contribution in [1.82, 2.24) is 0 Å². The average Bonchev–Trinajstić information content (AvgIpc) is 2.57. The Bertz CT molecular complexity index is 301. The topological polar surface area (TPSA) is 77.4 Å². The van der Waals surface area contributed by atoms with Crippen molar-refractivity contribution in [3.63, 3.8) is 0 Å². The summed E-state index contributed by atoms with van der Waals surface area (Å²) in [7, 11) is 0. The molecule has 0 aliphatic carbocycles. The van der Waals surface area contributed by atoms with Crippen LogP contribution in [0.3, 0.4) is 0 Å². The summed E-state index contributed by atoms with van der Waals surface area (Å²) in [5.74, 6) is -1.57.